The van der Waals surface area contributed by atoms with Gasteiger partial charge in [-0.2, -0.15) is 0 Å². The highest BCUT2D eigenvalue weighted by molar-refractivity contribution is 6.07. The number of para-hydroxylation sites is 2. The second-order valence-corrected chi connectivity index (χ2v) is 10.0. The molecule has 6 heteroatoms. The Morgan fingerprint density at radius 2 is 1.74 bits per heavy atom. The van der Waals surface area contributed by atoms with Gasteiger partial charge in [0, 0.05) is 42.9 Å². The van der Waals surface area contributed by atoms with E-state index in [4.69, 9.17) is 0 Å². The topological polar surface area (TPSA) is 68.4 Å². The van der Waals surface area contributed by atoms with Crippen LogP contribution in [0.5, 0.6) is 0 Å². The zero-order valence-electron chi connectivity index (χ0n) is 20.4. The highest BCUT2D eigenvalue weighted by Crippen LogP contribution is 2.33. The summed E-state index contributed by atoms with van der Waals surface area (Å²) in [6, 6.07) is 12.1. The maximum atomic E-state index is 13.4. The minimum absolute atomic E-state index is 0.00635. The van der Waals surface area contributed by atoms with Crippen molar-refractivity contribution in [2.45, 2.75) is 40.0 Å². The zero-order valence-corrected chi connectivity index (χ0v) is 20.4. The van der Waals surface area contributed by atoms with Crippen molar-refractivity contribution in [3.8, 4) is 0 Å². The molecule has 0 saturated carbocycles. The summed E-state index contributed by atoms with van der Waals surface area (Å²) in [5.74, 6) is 0.760. The highest BCUT2D eigenvalue weighted by atomic mass is 16.2. The summed E-state index contributed by atoms with van der Waals surface area (Å²) >= 11 is 0. The van der Waals surface area contributed by atoms with Crippen LogP contribution in [0.4, 0.5) is 5.69 Å². The molecule has 1 aliphatic carbocycles. The normalized spacial score (nSPS) is 18.7. The molecule has 1 aromatic heterocycles. The molecule has 34 heavy (non-hydrogen) atoms. The summed E-state index contributed by atoms with van der Waals surface area (Å²) in [6.45, 7) is 9.31. The van der Waals surface area contributed by atoms with Crippen molar-refractivity contribution in [1.82, 2.24) is 14.8 Å². The summed E-state index contributed by atoms with van der Waals surface area (Å²) < 4.78 is 0. The van der Waals surface area contributed by atoms with Crippen LogP contribution in [0.1, 0.15) is 46.1 Å². The minimum atomic E-state index is -0.00635. The molecule has 1 fully saturated rings. The zero-order chi connectivity index (χ0) is 23.8. The number of carbonyl (C=O) groups excluding carboxylic acids is 2. The van der Waals surface area contributed by atoms with Gasteiger partial charge in [-0.25, -0.2) is 0 Å². The highest BCUT2D eigenvalue weighted by Gasteiger charge is 2.27. The van der Waals surface area contributed by atoms with Crippen LogP contribution in [0.2, 0.25) is 0 Å². The van der Waals surface area contributed by atoms with E-state index in [0.29, 0.717) is 38.6 Å². The smallest absolute Gasteiger partial charge is 0.256 e. The lowest BCUT2D eigenvalue weighted by atomic mass is 9.87. The molecule has 2 amide bonds. The molecule has 2 aliphatic rings. The van der Waals surface area contributed by atoms with Crippen molar-refractivity contribution in [1.29, 1.82) is 0 Å². The van der Waals surface area contributed by atoms with Gasteiger partial charge in [-0.05, 0) is 61.8 Å². The molecule has 0 bridgehead atoms. The van der Waals surface area contributed by atoms with Crippen molar-refractivity contribution in [3.63, 3.8) is 0 Å². The molecule has 3 aromatic rings. The van der Waals surface area contributed by atoms with Gasteiger partial charge in [0.1, 0.15) is 0 Å². The van der Waals surface area contributed by atoms with Crippen LogP contribution >= 0.6 is 0 Å². The Bertz CT molecular complexity index is 1220. The third-order valence-electron chi connectivity index (χ3n) is 7.47. The summed E-state index contributed by atoms with van der Waals surface area (Å²) in [4.78, 5) is 33.7. The quantitative estimate of drug-likeness (QED) is 0.612. The first kappa shape index (κ1) is 22.7. The number of carbonyl (C=O) groups is 2. The number of fused-ring (bicyclic) bond motifs is 3. The van der Waals surface area contributed by atoms with Crippen LogP contribution in [0.25, 0.3) is 10.9 Å². The number of rotatable bonds is 4. The number of H-pyrrole nitrogens is 1. The van der Waals surface area contributed by atoms with E-state index in [1.54, 1.807) is 0 Å². The molecule has 1 unspecified atom stereocenters. The molecular formula is C28H34N4O2. The van der Waals surface area contributed by atoms with Crippen molar-refractivity contribution in [3.05, 3.63) is 64.3 Å². The number of anilines is 1. The average Bonchev–Trinajstić information content (AvgIpc) is 3.19. The molecule has 1 saturated heterocycles. The van der Waals surface area contributed by atoms with Gasteiger partial charge in [-0.15, -0.1) is 0 Å². The van der Waals surface area contributed by atoms with Gasteiger partial charge in [0.05, 0.1) is 17.6 Å². The number of hydrogen-bond donors (Lipinski definition) is 2. The molecule has 5 rings (SSSR count). The first-order valence-electron chi connectivity index (χ1n) is 12.4. The predicted octanol–water partition coefficient (Wildman–Crippen LogP) is 4.31. The number of aryl methyl sites for hydroxylation is 3. The third kappa shape index (κ3) is 4.34. The molecule has 1 aliphatic heterocycles. The van der Waals surface area contributed by atoms with E-state index in [9.17, 15) is 9.59 Å². The molecule has 2 N–H and O–H groups in total. The van der Waals surface area contributed by atoms with E-state index in [1.807, 2.05) is 49.1 Å². The second-order valence-electron chi connectivity index (χ2n) is 10.0. The number of hydrogen-bond acceptors (Lipinski definition) is 3. The number of aromatic nitrogens is 1. The maximum absolute atomic E-state index is 13.4. The van der Waals surface area contributed by atoms with Crippen molar-refractivity contribution >= 4 is 28.4 Å². The largest absolute Gasteiger partial charge is 0.358 e. The Hall–Kier alpha value is -3.12. The molecule has 178 valence electrons. The van der Waals surface area contributed by atoms with Crippen molar-refractivity contribution in [2.75, 3.05) is 38.0 Å². The van der Waals surface area contributed by atoms with Crippen LogP contribution in [-0.4, -0.2) is 59.3 Å². The lowest BCUT2D eigenvalue weighted by Crippen LogP contribution is -2.50. The summed E-state index contributed by atoms with van der Waals surface area (Å²) in [7, 11) is 0. The molecule has 0 spiro atoms. The summed E-state index contributed by atoms with van der Waals surface area (Å²) in [5, 5.41) is 4.27. The predicted molar refractivity (Wildman–Crippen MR) is 136 cm³/mol. The summed E-state index contributed by atoms with van der Waals surface area (Å²) in [5.41, 5.74) is 7.48. The van der Waals surface area contributed by atoms with Gasteiger partial charge in [-0.1, -0.05) is 37.3 Å². The Kier molecular flexibility index (Phi) is 6.17. The van der Waals surface area contributed by atoms with E-state index in [0.717, 1.165) is 40.7 Å². The number of amides is 2. The first-order valence-corrected chi connectivity index (χ1v) is 12.4. The fourth-order valence-electron chi connectivity index (χ4n) is 5.47. The first-order chi connectivity index (χ1) is 16.4. The van der Waals surface area contributed by atoms with E-state index in [1.165, 1.54) is 23.1 Å². The number of nitrogens with one attached hydrogen (secondary N) is 2. The Balaban J connectivity index is 1.23. The van der Waals surface area contributed by atoms with Gasteiger partial charge in [-0.3, -0.25) is 14.5 Å². The lowest BCUT2D eigenvalue weighted by Gasteiger charge is -2.34. The SMILES string of the molecule is Cc1cccc(C)c1NC(=O)CN1CCN(C(=O)c2cccc3c4c([nH]c23)CCC(C)C4)CC1. The minimum Gasteiger partial charge on any atom is -0.358 e. The fraction of sp³-hybridized carbons (Fsp3) is 0.429. The van der Waals surface area contributed by atoms with E-state index < -0.39 is 0 Å². The lowest BCUT2D eigenvalue weighted by molar-refractivity contribution is -0.117. The van der Waals surface area contributed by atoms with E-state index >= 15 is 0 Å². The number of piperazine rings is 1. The molecule has 6 nitrogen and oxygen atoms in total. The Labute approximate surface area is 201 Å². The number of aromatic amines is 1. The Morgan fingerprint density at radius 1 is 1.03 bits per heavy atom. The van der Waals surface area contributed by atoms with Crippen LogP contribution < -0.4 is 5.32 Å². The monoisotopic (exact) mass is 458 g/mol. The molecule has 2 heterocycles. The van der Waals surface area contributed by atoms with Crippen LogP contribution in [0.3, 0.4) is 0 Å². The van der Waals surface area contributed by atoms with Crippen molar-refractivity contribution in [2.24, 2.45) is 5.92 Å². The third-order valence-corrected chi connectivity index (χ3v) is 7.47. The number of nitrogens with zero attached hydrogens (tertiary/aromatic N) is 2. The molecule has 1 atom stereocenters. The summed E-state index contributed by atoms with van der Waals surface area (Å²) in [6.07, 6.45) is 3.33. The molecular weight excluding hydrogens is 424 g/mol. The maximum Gasteiger partial charge on any atom is 0.256 e. The van der Waals surface area contributed by atoms with Gasteiger partial charge in [0.15, 0.2) is 0 Å². The van der Waals surface area contributed by atoms with Gasteiger partial charge < -0.3 is 15.2 Å². The molecule has 2 aromatic carbocycles. The van der Waals surface area contributed by atoms with Crippen LogP contribution in [-0.2, 0) is 17.6 Å². The van der Waals surface area contributed by atoms with Crippen molar-refractivity contribution < 1.29 is 9.59 Å². The Morgan fingerprint density at radius 3 is 2.47 bits per heavy atom. The number of benzene rings is 2. The second kappa shape index (κ2) is 9.26. The van der Waals surface area contributed by atoms with Gasteiger partial charge in [0.2, 0.25) is 5.91 Å². The fourth-order valence-corrected chi connectivity index (χ4v) is 5.47. The standard InChI is InChI=1S/C28H34N4O2/c1-18-10-11-24-23(16-18)21-8-5-9-22(27(21)29-24)28(34)32-14-12-31(13-15-32)17-25(33)30-26-19(2)6-4-7-20(26)3/h4-9,18,29H,10-17H2,1-3H3,(H,30,33). The van der Waals surface area contributed by atoms with E-state index in [2.05, 4.69) is 28.2 Å². The van der Waals surface area contributed by atoms with Gasteiger partial charge >= 0.3 is 0 Å². The van der Waals surface area contributed by atoms with Crippen LogP contribution in [0, 0.1) is 19.8 Å². The van der Waals surface area contributed by atoms with Gasteiger partial charge in [0.25, 0.3) is 5.91 Å². The molecule has 0 radical (unpaired) electrons. The van der Waals surface area contributed by atoms with Crippen LogP contribution in [0.15, 0.2) is 36.4 Å². The average molecular weight is 459 g/mol. The van der Waals surface area contributed by atoms with E-state index in [-0.39, 0.29) is 11.8 Å².